The lowest BCUT2D eigenvalue weighted by Crippen LogP contribution is -1.96. The Morgan fingerprint density at radius 2 is 1.72 bits per heavy atom. The molecule has 0 unspecified atom stereocenters. The second-order valence-corrected chi connectivity index (χ2v) is 5.29. The third-order valence-corrected chi connectivity index (χ3v) is 3.86. The molecule has 0 saturated heterocycles. The van der Waals surface area contributed by atoms with Crippen molar-refractivity contribution in [3.63, 3.8) is 0 Å². The summed E-state index contributed by atoms with van der Waals surface area (Å²) in [5.74, 6) is -0.426. The monoisotopic (exact) mass is 276 g/mol. The Balaban J connectivity index is 2.98. The largest absolute Gasteiger partial charge is 0.389 e. The second-order valence-electron chi connectivity index (χ2n) is 3.35. The van der Waals surface area contributed by atoms with E-state index in [0.717, 1.165) is 6.08 Å². The molecule has 0 N–H and O–H groups in total. The van der Waals surface area contributed by atoms with Crippen molar-refractivity contribution in [3.8, 4) is 0 Å². The molecule has 0 radical (unpaired) electrons. The van der Waals surface area contributed by atoms with E-state index in [1.165, 1.54) is 24.3 Å². The molecule has 1 rings (SSSR count). The quantitative estimate of drug-likeness (QED) is 0.724. The van der Waals surface area contributed by atoms with Gasteiger partial charge in [-0.15, -0.1) is 0 Å². The van der Waals surface area contributed by atoms with Crippen LogP contribution in [0.2, 0.25) is 0 Å². The van der Waals surface area contributed by atoms with Gasteiger partial charge in [0.2, 0.25) is 5.57 Å². The van der Waals surface area contributed by atoms with E-state index in [-0.39, 0.29) is 13.2 Å². The van der Waals surface area contributed by atoms with Crippen LogP contribution >= 0.6 is 7.60 Å². The van der Waals surface area contributed by atoms with E-state index < -0.39 is 19.0 Å². The Morgan fingerprint density at radius 1 is 1.22 bits per heavy atom. The molecular weight excluding hydrogens is 261 g/mol. The number of rotatable bonds is 6. The van der Waals surface area contributed by atoms with Crippen molar-refractivity contribution in [3.05, 3.63) is 41.2 Å². The summed E-state index contributed by atoms with van der Waals surface area (Å²) in [6.07, 6.45) is 1.02. The maximum Gasteiger partial charge on any atom is 0.389 e. The summed E-state index contributed by atoms with van der Waals surface area (Å²) in [4.78, 5) is 0. The SMILES string of the molecule is CCOP(=O)(OCC)C(F)=Cc1ccc(F)cc1. The van der Waals surface area contributed by atoms with E-state index in [0.29, 0.717) is 5.56 Å². The average molecular weight is 276 g/mol. The van der Waals surface area contributed by atoms with Crippen LogP contribution in [-0.2, 0) is 13.6 Å². The number of halogens is 2. The van der Waals surface area contributed by atoms with E-state index in [1.807, 2.05) is 0 Å². The molecule has 1 aromatic rings. The molecule has 0 atom stereocenters. The molecule has 1 aromatic carbocycles. The minimum absolute atomic E-state index is 0.0714. The first-order chi connectivity index (χ1) is 8.51. The third-order valence-electron chi connectivity index (χ3n) is 2.02. The van der Waals surface area contributed by atoms with E-state index in [9.17, 15) is 13.3 Å². The maximum atomic E-state index is 13.9. The Kier molecular flexibility index (Phi) is 5.66. The molecule has 0 aliphatic carbocycles. The van der Waals surface area contributed by atoms with Crippen molar-refractivity contribution in [2.45, 2.75) is 13.8 Å². The fraction of sp³-hybridized carbons (Fsp3) is 0.333. The zero-order valence-corrected chi connectivity index (χ0v) is 11.1. The zero-order chi connectivity index (χ0) is 13.6. The molecule has 18 heavy (non-hydrogen) atoms. The minimum atomic E-state index is -3.89. The van der Waals surface area contributed by atoms with Crippen LogP contribution < -0.4 is 0 Å². The van der Waals surface area contributed by atoms with Crippen molar-refractivity contribution in [2.75, 3.05) is 13.2 Å². The summed E-state index contributed by atoms with van der Waals surface area (Å²) in [6.45, 7) is 3.33. The molecule has 100 valence electrons. The van der Waals surface area contributed by atoms with Gasteiger partial charge in [-0.2, -0.15) is 4.39 Å². The minimum Gasteiger partial charge on any atom is -0.304 e. The molecule has 0 saturated carbocycles. The highest BCUT2D eigenvalue weighted by atomic mass is 31.2. The van der Waals surface area contributed by atoms with Crippen molar-refractivity contribution >= 4 is 13.7 Å². The number of benzene rings is 1. The zero-order valence-electron chi connectivity index (χ0n) is 10.2. The first-order valence-corrected chi connectivity index (χ1v) is 7.08. The van der Waals surface area contributed by atoms with Gasteiger partial charge in [-0.1, -0.05) is 12.1 Å². The molecule has 0 heterocycles. The average Bonchev–Trinajstić information content (AvgIpc) is 2.32. The summed E-state index contributed by atoms with van der Waals surface area (Å²) in [7, 11) is -3.89. The van der Waals surface area contributed by atoms with Crippen LogP contribution in [0, 0.1) is 5.82 Å². The van der Waals surface area contributed by atoms with Crippen molar-refractivity contribution in [1.82, 2.24) is 0 Å². The van der Waals surface area contributed by atoms with Gasteiger partial charge in [-0.3, -0.25) is 4.57 Å². The lowest BCUT2D eigenvalue weighted by Gasteiger charge is -2.14. The summed E-state index contributed by atoms with van der Waals surface area (Å²) in [6, 6.07) is 5.12. The highest BCUT2D eigenvalue weighted by Crippen LogP contribution is 2.57. The second kappa shape index (κ2) is 6.78. The molecule has 0 bridgehead atoms. The summed E-state index contributed by atoms with van der Waals surface area (Å²) >= 11 is 0. The smallest absolute Gasteiger partial charge is 0.304 e. The standard InChI is InChI=1S/C12H15F2O3P/c1-3-16-18(15,17-4-2)12(14)9-10-5-7-11(13)8-6-10/h5-9H,3-4H2,1-2H3. The fourth-order valence-electron chi connectivity index (χ4n) is 1.28. The molecule has 0 aromatic heterocycles. The van der Waals surface area contributed by atoms with Crippen LogP contribution in [-0.4, -0.2) is 13.2 Å². The van der Waals surface area contributed by atoms with Crippen molar-refractivity contribution in [2.24, 2.45) is 0 Å². The van der Waals surface area contributed by atoms with Crippen molar-refractivity contribution in [1.29, 1.82) is 0 Å². The van der Waals surface area contributed by atoms with Crippen LogP contribution in [0.25, 0.3) is 6.08 Å². The van der Waals surface area contributed by atoms with Crippen molar-refractivity contribution < 1.29 is 22.4 Å². The van der Waals surface area contributed by atoms with Gasteiger partial charge >= 0.3 is 7.60 Å². The van der Waals surface area contributed by atoms with Crippen LogP contribution in [0.4, 0.5) is 8.78 Å². The lowest BCUT2D eigenvalue weighted by atomic mass is 10.2. The Morgan fingerprint density at radius 3 is 2.17 bits per heavy atom. The fourth-order valence-corrected chi connectivity index (χ4v) is 2.58. The highest BCUT2D eigenvalue weighted by molar-refractivity contribution is 7.58. The maximum absolute atomic E-state index is 13.9. The van der Waals surface area contributed by atoms with Gasteiger partial charge in [-0.25, -0.2) is 4.39 Å². The Bertz CT molecular complexity index is 447. The molecule has 6 heteroatoms. The van der Waals surface area contributed by atoms with Crippen LogP contribution in [0.5, 0.6) is 0 Å². The predicted octanol–water partition coefficient (Wildman–Crippen LogP) is 4.36. The number of hydrogen-bond acceptors (Lipinski definition) is 3. The molecule has 0 aliphatic heterocycles. The molecule has 0 spiro atoms. The van der Waals surface area contributed by atoms with Crippen LogP contribution in [0.1, 0.15) is 19.4 Å². The number of hydrogen-bond donors (Lipinski definition) is 0. The van der Waals surface area contributed by atoms with Crippen LogP contribution in [0.3, 0.4) is 0 Å². The van der Waals surface area contributed by atoms with Crippen LogP contribution in [0.15, 0.2) is 29.8 Å². The molecule has 3 nitrogen and oxygen atoms in total. The molecule has 0 fully saturated rings. The van der Waals surface area contributed by atoms with Gasteiger partial charge in [0.05, 0.1) is 13.2 Å². The van der Waals surface area contributed by atoms with Gasteiger partial charge in [0.15, 0.2) is 0 Å². The highest BCUT2D eigenvalue weighted by Gasteiger charge is 2.30. The first kappa shape index (κ1) is 15.0. The van der Waals surface area contributed by atoms with E-state index in [2.05, 4.69) is 0 Å². The normalized spacial score (nSPS) is 12.8. The molecular formula is C12H15F2O3P. The Labute approximate surface area is 105 Å². The van der Waals surface area contributed by atoms with Gasteiger partial charge in [0.1, 0.15) is 5.82 Å². The van der Waals surface area contributed by atoms with E-state index in [4.69, 9.17) is 9.05 Å². The third kappa shape index (κ3) is 4.02. The van der Waals surface area contributed by atoms with E-state index in [1.54, 1.807) is 13.8 Å². The van der Waals surface area contributed by atoms with Gasteiger partial charge < -0.3 is 9.05 Å². The summed E-state index contributed by atoms with van der Waals surface area (Å²) < 4.78 is 48.3. The lowest BCUT2D eigenvalue weighted by molar-refractivity contribution is 0.220. The van der Waals surface area contributed by atoms with Gasteiger partial charge in [0, 0.05) is 0 Å². The van der Waals surface area contributed by atoms with Gasteiger partial charge in [0.25, 0.3) is 0 Å². The molecule has 0 amide bonds. The predicted molar refractivity (Wildman–Crippen MR) is 66.3 cm³/mol. The molecule has 0 aliphatic rings. The first-order valence-electron chi connectivity index (χ1n) is 5.54. The van der Waals surface area contributed by atoms with E-state index >= 15 is 0 Å². The van der Waals surface area contributed by atoms with Gasteiger partial charge in [-0.05, 0) is 37.6 Å². The Hall–Kier alpha value is -1.03. The summed E-state index contributed by atoms with van der Waals surface area (Å²) in [5.41, 5.74) is -0.605. The topological polar surface area (TPSA) is 35.5 Å². The summed E-state index contributed by atoms with van der Waals surface area (Å²) in [5, 5.41) is 0.